The number of hydrogen-bond donors (Lipinski definition) is 1. The SMILES string of the molecule is CC1(Cc2ccc(Br)c3cccnc23)CCCN1. The Balaban J connectivity index is 2.04. The average Bonchev–Trinajstić information content (AvgIpc) is 2.80. The van der Waals surface area contributed by atoms with E-state index in [1.807, 2.05) is 12.3 Å². The highest BCUT2D eigenvalue weighted by atomic mass is 79.9. The molecule has 1 aromatic carbocycles. The summed E-state index contributed by atoms with van der Waals surface area (Å²) in [6, 6.07) is 8.45. The number of nitrogens with one attached hydrogen (secondary N) is 1. The molecule has 1 saturated heterocycles. The lowest BCUT2D eigenvalue weighted by atomic mass is 9.90. The zero-order valence-electron chi connectivity index (χ0n) is 10.5. The molecule has 3 heteroatoms. The summed E-state index contributed by atoms with van der Waals surface area (Å²) in [7, 11) is 0. The van der Waals surface area contributed by atoms with Crippen molar-refractivity contribution in [3.63, 3.8) is 0 Å². The number of hydrogen-bond acceptors (Lipinski definition) is 2. The lowest BCUT2D eigenvalue weighted by molar-refractivity contribution is 0.413. The molecule has 1 fully saturated rings. The first-order chi connectivity index (χ1) is 8.68. The monoisotopic (exact) mass is 304 g/mol. The predicted octanol–water partition coefficient (Wildman–Crippen LogP) is 3.68. The average molecular weight is 305 g/mol. The minimum atomic E-state index is 0.234. The Bertz CT molecular complexity index is 574. The van der Waals surface area contributed by atoms with Gasteiger partial charge in [0.2, 0.25) is 0 Å². The van der Waals surface area contributed by atoms with Gasteiger partial charge in [-0.05, 0) is 50.4 Å². The number of aromatic nitrogens is 1. The summed E-state index contributed by atoms with van der Waals surface area (Å²) in [6.07, 6.45) is 5.45. The van der Waals surface area contributed by atoms with Crippen LogP contribution in [0.25, 0.3) is 10.9 Å². The number of nitrogens with zero attached hydrogens (tertiary/aromatic N) is 1. The molecule has 18 heavy (non-hydrogen) atoms. The minimum Gasteiger partial charge on any atom is -0.311 e. The van der Waals surface area contributed by atoms with Crippen LogP contribution in [0.15, 0.2) is 34.9 Å². The van der Waals surface area contributed by atoms with Crippen LogP contribution in [0.1, 0.15) is 25.3 Å². The second-order valence-electron chi connectivity index (χ2n) is 5.37. The molecule has 2 nitrogen and oxygen atoms in total. The zero-order valence-corrected chi connectivity index (χ0v) is 12.1. The van der Waals surface area contributed by atoms with Gasteiger partial charge >= 0.3 is 0 Å². The zero-order chi connectivity index (χ0) is 12.6. The third-order valence-corrected chi connectivity index (χ3v) is 4.53. The van der Waals surface area contributed by atoms with Gasteiger partial charge in [-0.1, -0.05) is 28.1 Å². The maximum absolute atomic E-state index is 4.56. The molecule has 1 N–H and O–H groups in total. The predicted molar refractivity (Wildman–Crippen MR) is 78.8 cm³/mol. The largest absolute Gasteiger partial charge is 0.311 e. The van der Waals surface area contributed by atoms with Gasteiger partial charge in [-0.15, -0.1) is 0 Å². The van der Waals surface area contributed by atoms with Crippen molar-refractivity contribution in [3.8, 4) is 0 Å². The Morgan fingerprint density at radius 2 is 2.28 bits per heavy atom. The summed E-state index contributed by atoms with van der Waals surface area (Å²) < 4.78 is 1.12. The quantitative estimate of drug-likeness (QED) is 0.915. The van der Waals surface area contributed by atoms with Gasteiger partial charge in [0.15, 0.2) is 0 Å². The molecule has 0 aliphatic carbocycles. The summed E-state index contributed by atoms with van der Waals surface area (Å²) >= 11 is 3.60. The highest BCUT2D eigenvalue weighted by molar-refractivity contribution is 9.10. The van der Waals surface area contributed by atoms with E-state index in [-0.39, 0.29) is 5.54 Å². The van der Waals surface area contributed by atoms with Crippen LogP contribution in [-0.4, -0.2) is 17.1 Å². The number of fused-ring (bicyclic) bond motifs is 1. The van der Waals surface area contributed by atoms with Crippen LogP contribution in [0.4, 0.5) is 0 Å². The molecule has 94 valence electrons. The van der Waals surface area contributed by atoms with Gasteiger partial charge in [0, 0.05) is 21.6 Å². The first-order valence-corrected chi connectivity index (χ1v) is 7.24. The normalized spacial score (nSPS) is 23.7. The molecular weight excluding hydrogens is 288 g/mol. The highest BCUT2D eigenvalue weighted by Gasteiger charge is 2.28. The van der Waals surface area contributed by atoms with E-state index in [2.05, 4.69) is 51.4 Å². The third kappa shape index (κ3) is 2.17. The molecule has 0 radical (unpaired) electrons. The van der Waals surface area contributed by atoms with E-state index in [1.165, 1.54) is 23.8 Å². The maximum atomic E-state index is 4.56. The van der Waals surface area contributed by atoms with E-state index in [0.29, 0.717) is 0 Å². The molecule has 2 heterocycles. The molecular formula is C15H17BrN2. The molecule has 0 amide bonds. The number of pyridine rings is 1. The molecule has 1 aliphatic rings. The molecule has 1 aliphatic heterocycles. The van der Waals surface area contributed by atoms with Crippen LogP contribution in [0, 0.1) is 0 Å². The van der Waals surface area contributed by atoms with Crippen molar-refractivity contribution in [1.29, 1.82) is 0 Å². The van der Waals surface area contributed by atoms with E-state index >= 15 is 0 Å². The van der Waals surface area contributed by atoms with Gasteiger partial charge in [-0.2, -0.15) is 0 Å². The van der Waals surface area contributed by atoms with E-state index < -0.39 is 0 Å². The summed E-state index contributed by atoms with van der Waals surface area (Å²) in [5.74, 6) is 0. The standard InChI is InChI=1S/C15H17BrN2/c1-15(7-3-9-18-15)10-11-5-6-13(16)12-4-2-8-17-14(11)12/h2,4-6,8,18H,3,7,9-10H2,1H3. The fraction of sp³-hybridized carbons (Fsp3) is 0.400. The molecule has 1 unspecified atom stereocenters. The summed E-state index contributed by atoms with van der Waals surface area (Å²) in [5.41, 5.74) is 2.70. The van der Waals surface area contributed by atoms with Gasteiger partial charge in [0.05, 0.1) is 5.52 Å². The van der Waals surface area contributed by atoms with Crippen LogP contribution in [0.5, 0.6) is 0 Å². The van der Waals surface area contributed by atoms with Crippen molar-refractivity contribution in [2.75, 3.05) is 6.54 Å². The fourth-order valence-electron chi connectivity index (χ4n) is 2.87. The summed E-state index contributed by atoms with van der Waals surface area (Å²) in [6.45, 7) is 3.45. The Morgan fingerprint density at radius 1 is 1.39 bits per heavy atom. The number of rotatable bonds is 2. The molecule has 0 bridgehead atoms. The van der Waals surface area contributed by atoms with Crippen molar-refractivity contribution >= 4 is 26.8 Å². The highest BCUT2D eigenvalue weighted by Crippen LogP contribution is 2.30. The fourth-order valence-corrected chi connectivity index (χ4v) is 3.32. The van der Waals surface area contributed by atoms with Gasteiger partial charge in [-0.25, -0.2) is 0 Å². The van der Waals surface area contributed by atoms with Crippen LogP contribution in [0.2, 0.25) is 0 Å². The maximum Gasteiger partial charge on any atom is 0.0745 e. The Hall–Kier alpha value is -0.930. The van der Waals surface area contributed by atoms with Crippen molar-refractivity contribution < 1.29 is 0 Å². The molecule has 0 spiro atoms. The van der Waals surface area contributed by atoms with Crippen LogP contribution in [0.3, 0.4) is 0 Å². The van der Waals surface area contributed by atoms with Gasteiger partial charge in [0.25, 0.3) is 0 Å². The Labute approximate surface area is 116 Å². The van der Waals surface area contributed by atoms with Crippen LogP contribution < -0.4 is 5.32 Å². The van der Waals surface area contributed by atoms with Gasteiger partial charge < -0.3 is 5.32 Å². The van der Waals surface area contributed by atoms with Gasteiger partial charge in [-0.3, -0.25) is 4.98 Å². The Morgan fingerprint density at radius 3 is 3.06 bits per heavy atom. The topological polar surface area (TPSA) is 24.9 Å². The molecule has 2 aromatic rings. The Kier molecular flexibility index (Phi) is 3.12. The van der Waals surface area contributed by atoms with Crippen LogP contribution >= 0.6 is 15.9 Å². The molecule has 0 saturated carbocycles. The number of benzene rings is 1. The van der Waals surface area contributed by atoms with Crippen molar-refractivity contribution in [2.45, 2.75) is 31.7 Å². The van der Waals surface area contributed by atoms with Crippen molar-refractivity contribution in [1.82, 2.24) is 10.3 Å². The van der Waals surface area contributed by atoms with Crippen molar-refractivity contribution in [3.05, 3.63) is 40.5 Å². The lowest BCUT2D eigenvalue weighted by Gasteiger charge is -2.25. The molecule has 1 aromatic heterocycles. The van der Waals surface area contributed by atoms with Crippen LogP contribution in [-0.2, 0) is 6.42 Å². The smallest absolute Gasteiger partial charge is 0.0745 e. The van der Waals surface area contributed by atoms with Crippen molar-refractivity contribution in [2.24, 2.45) is 0 Å². The van der Waals surface area contributed by atoms with E-state index in [0.717, 1.165) is 23.0 Å². The van der Waals surface area contributed by atoms with E-state index in [4.69, 9.17) is 0 Å². The lowest BCUT2D eigenvalue weighted by Crippen LogP contribution is -2.38. The van der Waals surface area contributed by atoms with Gasteiger partial charge in [0.1, 0.15) is 0 Å². The third-order valence-electron chi connectivity index (χ3n) is 3.84. The summed E-state index contributed by atoms with van der Waals surface area (Å²) in [5, 5.41) is 4.83. The van der Waals surface area contributed by atoms with E-state index in [1.54, 1.807) is 0 Å². The molecule has 1 atom stereocenters. The second kappa shape index (κ2) is 4.63. The summed E-state index contributed by atoms with van der Waals surface area (Å²) in [4.78, 5) is 4.56. The number of halogens is 1. The molecule has 3 rings (SSSR count). The minimum absolute atomic E-state index is 0.234. The first kappa shape index (κ1) is 12.1. The van der Waals surface area contributed by atoms with E-state index in [9.17, 15) is 0 Å². The first-order valence-electron chi connectivity index (χ1n) is 6.45. The second-order valence-corrected chi connectivity index (χ2v) is 6.23.